The molecular weight excluding hydrogens is 380 g/mol. The zero-order valence-corrected chi connectivity index (χ0v) is 15.9. The summed E-state index contributed by atoms with van der Waals surface area (Å²) in [6.45, 7) is 3.09. The maximum atomic E-state index is 12.5. The predicted molar refractivity (Wildman–Crippen MR) is 104 cm³/mol. The van der Waals surface area contributed by atoms with Crippen LogP contribution in [0.15, 0.2) is 58.1 Å². The van der Waals surface area contributed by atoms with Crippen LogP contribution in [-0.4, -0.2) is 28.8 Å². The van der Waals surface area contributed by atoms with Gasteiger partial charge < -0.3 is 9.84 Å². The van der Waals surface area contributed by atoms with E-state index in [1.54, 1.807) is 19.2 Å². The number of sulfonamides is 1. The summed E-state index contributed by atoms with van der Waals surface area (Å²) in [5.41, 5.74) is 1.85. The van der Waals surface area contributed by atoms with Gasteiger partial charge in [0.05, 0.1) is 11.2 Å². The lowest BCUT2D eigenvalue weighted by Gasteiger charge is -2.09. The molecule has 1 aromatic carbocycles. The number of nitrogens with zero attached hydrogens (tertiary/aromatic N) is 4. The smallest absolute Gasteiger partial charge is 0.268 e. The van der Waals surface area contributed by atoms with E-state index in [2.05, 4.69) is 30.4 Å². The van der Waals surface area contributed by atoms with E-state index in [1.165, 1.54) is 13.0 Å². The van der Waals surface area contributed by atoms with Crippen molar-refractivity contribution in [2.24, 2.45) is 0 Å². The second-order valence-electron chi connectivity index (χ2n) is 6.07. The summed E-state index contributed by atoms with van der Waals surface area (Å²) in [5, 5.41) is 15.8. The fourth-order valence-corrected chi connectivity index (χ4v) is 4.17. The number of aryl methyl sites for hydroxylation is 2. The number of fused-ring (bicyclic) bond motifs is 1. The van der Waals surface area contributed by atoms with Gasteiger partial charge in [-0.25, -0.2) is 8.42 Å². The van der Waals surface area contributed by atoms with Crippen LogP contribution in [0.5, 0.6) is 0 Å². The minimum absolute atomic E-state index is 0.00155. The molecular formula is C18H16N6O3S. The highest BCUT2D eigenvalue weighted by atomic mass is 32.2. The topological polar surface area (TPSA) is 123 Å². The van der Waals surface area contributed by atoms with E-state index < -0.39 is 10.0 Å². The summed E-state index contributed by atoms with van der Waals surface area (Å²) < 4.78 is 32.3. The molecule has 0 saturated heterocycles. The number of anilines is 3. The molecule has 3 heterocycles. The Labute approximate surface area is 160 Å². The third kappa shape index (κ3) is 3.37. The van der Waals surface area contributed by atoms with Gasteiger partial charge in [-0.15, -0.1) is 10.2 Å². The first-order valence-electron chi connectivity index (χ1n) is 8.34. The molecule has 0 spiro atoms. The van der Waals surface area contributed by atoms with E-state index in [0.29, 0.717) is 5.82 Å². The van der Waals surface area contributed by atoms with Crippen LogP contribution < -0.4 is 10.0 Å². The first kappa shape index (κ1) is 17.9. The van der Waals surface area contributed by atoms with Gasteiger partial charge in [-0.05, 0) is 38.1 Å². The van der Waals surface area contributed by atoms with E-state index in [1.807, 2.05) is 30.3 Å². The van der Waals surface area contributed by atoms with Crippen molar-refractivity contribution in [3.05, 3.63) is 60.1 Å². The Kier molecular flexibility index (Phi) is 4.40. The summed E-state index contributed by atoms with van der Waals surface area (Å²) in [4.78, 5) is 4.37. The van der Waals surface area contributed by atoms with Crippen LogP contribution in [0.4, 0.5) is 17.3 Å². The molecule has 0 aliphatic rings. The highest BCUT2D eigenvalue weighted by molar-refractivity contribution is 7.92. The number of nitrogens with one attached hydrogen (secondary N) is 2. The quantitative estimate of drug-likeness (QED) is 0.527. The van der Waals surface area contributed by atoms with Crippen LogP contribution in [0.2, 0.25) is 0 Å². The summed E-state index contributed by atoms with van der Waals surface area (Å²) in [5.74, 6) is 0.750. The van der Waals surface area contributed by atoms with Gasteiger partial charge in [-0.1, -0.05) is 23.4 Å². The number of benzene rings is 1. The van der Waals surface area contributed by atoms with Gasteiger partial charge in [0.15, 0.2) is 22.3 Å². The molecule has 28 heavy (non-hydrogen) atoms. The van der Waals surface area contributed by atoms with Crippen LogP contribution >= 0.6 is 0 Å². The molecule has 0 unspecified atom stereocenters. The fourth-order valence-electron chi connectivity index (χ4n) is 2.84. The van der Waals surface area contributed by atoms with Crippen molar-refractivity contribution >= 4 is 38.2 Å². The Morgan fingerprint density at radius 3 is 2.43 bits per heavy atom. The zero-order chi connectivity index (χ0) is 19.7. The average Bonchev–Trinajstić information content (AvgIpc) is 3.02. The highest BCUT2D eigenvalue weighted by Gasteiger charge is 2.24. The van der Waals surface area contributed by atoms with Crippen molar-refractivity contribution in [2.75, 3.05) is 10.0 Å². The van der Waals surface area contributed by atoms with Gasteiger partial charge in [0.2, 0.25) is 0 Å². The van der Waals surface area contributed by atoms with Gasteiger partial charge in [-0.3, -0.25) is 9.71 Å². The van der Waals surface area contributed by atoms with Crippen molar-refractivity contribution < 1.29 is 12.9 Å². The van der Waals surface area contributed by atoms with Crippen molar-refractivity contribution in [1.29, 1.82) is 0 Å². The number of para-hydroxylation sites is 1. The standard InChI is InChI=1S/C18H16N6O3S/c1-11-18(12(2)27-23-11)28(25,26)24-16-9-8-15(21-22-16)20-14-7-3-5-13-6-4-10-19-17(13)14/h3-10H,1-2H3,(H,20,21)(H,22,24). The maximum absolute atomic E-state index is 12.5. The van der Waals surface area contributed by atoms with Crippen LogP contribution in [-0.2, 0) is 10.0 Å². The van der Waals surface area contributed by atoms with Gasteiger partial charge >= 0.3 is 0 Å². The normalized spacial score (nSPS) is 11.5. The molecule has 0 saturated carbocycles. The van der Waals surface area contributed by atoms with E-state index in [-0.39, 0.29) is 22.2 Å². The largest absolute Gasteiger partial charge is 0.360 e. The van der Waals surface area contributed by atoms with E-state index in [9.17, 15) is 8.42 Å². The van der Waals surface area contributed by atoms with E-state index in [4.69, 9.17) is 4.52 Å². The monoisotopic (exact) mass is 396 g/mol. The Morgan fingerprint density at radius 1 is 0.964 bits per heavy atom. The van der Waals surface area contributed by atoms with Crippen molar-refractivity contribution in [3.63, 3.8) is 0 Å². The van der Waals surface area contributed by atoms with Crippen LogP contribution in [0.1, 0.15) is 11.5 Å². The Hall–Kier alpha value is -3.53. The van der Waals surface area contributed by atoms with E-state index in [0.717, 1.165) is 16.6 Å². The molecule has 4 rings (SSSR count). The number of pyridine rings is 1. The molecule has 0 atom stereocenters. The number of rotatable bonds is 5. The molecule has 0 amide bonds. The van der Waals surface area contributed by atoms with Crippen molar-refractivity contribution in [1.82, 2.24) is 20.3 Å². The van der Waals surface area contributed by atoms with Crippen molar-refractivity contribution in [2.45, 2.75) is 18.7 Å². The Bertz CT molecular complexity index is 1230. The lowest BCUT2D eigenvalue weighted by atomic mass is 10.2. The molecule has 4 aromatic rings. The summed E-state index contributed by atoms with van der Waals surface area (Å²) in [6, 6.07) is 12.7. The molecule has 0 radical (unpaired) electrons. The van der Waals surface area contributed by atoms with Gasteiger partial charge in [0.25, 0.3) is 10.0 Å². The molecule has 3 aromatic heterocycles. The molecule has 0 fully saturated rings. The van der Waals surface area contributed by atoms with E-state index >= 15 is 0 Å². The summed E-state index contributed by atoms with van der Waals surface area (Å²) >= 11 is 0. The number of hydrogen-bond acceptors (Lipinski definition) is 8. The molecule has 9 nitrogen and oxygen atoms in total. The lowest BCUT2D eigenvalue weighted by molar-refractivity contribution is 0.390. The minimum Gasteiger partial charge on any atom is -0.360 e. The molecule has 0 bridgehead atoms. The predicted octanol–water partition coefficient (Wildman–Crippen LogP) is 3.17. The van der Waals surface area contributed by atoms with Gasteiger partial charge in [0.1, 0.15) is 5.69 Å². The molecule has 0 aliphatic carbocycles. The van der Waals surface area contributed by atoms with Crippen LogP contribution in [0.25, 0.3) is 10.9 Å². The Morgan fingerprint density at radius 2 is 1.71 bits per heavy atom. The van der Waals surface area contributed by atoms with Crippen molar-refractivity contribution in [3.8, 4) is 0 Å². The first-order chi connectivity index (χ1) is 13.4. The number of hydrogen-bond donors (Lipinski definition) is 2. The highest BCUT2D eigenvalue weighted by Crippen LogP contribution is 2.24. The molecule has 10 heteroatoms. The SMILES string of the molecule is Cc1noc(C)c1S(=O)(=O)Nc1ccc(Nc2cccc3cccnc23)nn1. The fraction of sp³-hybridized carbons (Fsp3) is 0.111. The second-order valence-corrected chi connectivity index (χ2v) is 7.69. The van der Waals surface area contributed by atoms with Gasteiger partial charge in [0, 0.05) is 11.6 Å². The zero-order valence-electron chi connectivity index (χ0n) is 15.0. The van der Waals surface area contributed by atoms with Crippen LogP contribution in [0, 0.1) is 13.8 Å². The molecule has 2 N–H and O–H groups in total. The molecule has 142 valence electrons. The Balaban J connectivity index is 1.56. The maximum Gasteiger partial charge on any atom is 0.268 e. The first-order valence-corrected chi connectivity index (χ1v) is 9.82. The van der Waals surface area contributed by atoms with Gasteiger partial charge in [-0.2, -0.15) is 0 Å². The third-order valence-corrected chi connectivity index (χ3v) is 5.63. The second kappa shape index (κ2) is 6.89. The molecule has 0 aliphatic heterocycles. The minimum atomic E-state index is -3.87. The average molecular weight is 396 g/mol. The van der Waals surface area contributed by atoms with Crippen LogP contribution in [0.3, 0.4) is 0 Å². The number of aromatic nitrogens is 4. The summed E-state index contributed by atoms with van der Waals surface area (Å²) in [6.07, 6.45) is 1.71. The summed E-state index contributed by atoms with van der Waals surface area (Å²) in [7, 11) is -3.87. The lowest BCUT2D eigenvalue weighted by Crippen LogP contribution is -2.15. The third-order valence-electron chi connectivity index (χ3n) is 4.04.